The molecule has 1 aliphatic carbocycles. The van der Waals surface area contributed by atoms with Crippen LogP contribution < -0.4 is 10.9 Å². The average Bonchev–Trinajstić information content (AvgIpc) is 3.56. The summed E-state index contributed by atoms with van der Waals surface area (Å²) in [6.07, 6.45) is 7.87. The van der Waals surface area contributed by atoms with E-state index in [4.69, 9.17) is 5.10 Å². The van der Waals surface area contributed by atoms with Crippen LogP contribution in [-0.2, 0) is 13.0 Å². The van der Waals surface area contributed by atoms with Crippen LogP contribution in [-0.4, -0.2) is 32.4 Å². The van der Waals surface area contributed by atoms with Crippen molar-refractivity contribution in [3.8, 4) is 11.1 Å². The van der Waals surface area contributed by atoms with E-state index in [2.05, 4.69) is 39.2 Å². The predicted molar refractivity (Wildman–Crippen MR) is 146 cm³/mol. The number of carbonyl (C=O) groups excluding carboxylic acids is 1. The Hall–Kier alpha value is -3.71. The molecule has 0 unspecified atom stereocenters. The van der Waals surface area contributed by atoms with Gasteiger partial charge in [0.05, 0.1) is 23.3 Å². The van der Waals surface area contributed by atoms with Crippen LogP contribution in [0.1, 0.15) is 70.9 Å². The molecule has 37 heavy (non-hydrogen) atoms. The number of aryl methyl sites for hydroxylation is 3. The Kier molecular flexibility index (Phi) is 7.24. The SMILES string of the molecule is Cc1cc(C)c(CNC(=O)c2cc(-c3cccc(CCCO)c3)cc3c2cnn3C2CCCC2)c(=O)[nH]1. The second-order valence-electron chi connectivity index (χ2n) is 10.1. The maximum Gasteiger partial charge on any atom is 0.253 e. The molecule has 1 amide bonds. The monoisotopic (exact) mass is 498 g/mol. The molecule has 192 valence electrons. The third-order valence-corrected chi connectivity index (χ3v) is 7.43. The summed E-state index contributed by atoms with van der Waals surface area (Å²) in [6, 6.07) is 14.6. The third-order valence-electron chi connectivity index (χ3n) is 7.43. The number of fused-ring (bicyclic) bond motifs is 1. The highest BCUT2D eigenvalue weighted by Crippen LogP contribution is 2.35. The van der Waals surface area contributed by atoms with Gasteiger partial charge >= 0.3 is 0 Å². The van der Waals surface area contributed by atoms with Crippen LogP contribution in [0.15, 0.2) is 53.5 Å². The Bertz CT molecular complexity index is 1490. The number of nitrogens with one attached hydrogen (secondary N) is 2. The molecule has 1 saturated carbocycles. The number of carbonyl (C=O) groups is 1. The summed E-state index contributed by atoms with van der Waals surface area (Å²) in [5.74, 6) is -0.228. The first-order chi connectivity index (χ1) is 17.9. The zero-order valence-corrected chi connectivity index (χ0v) is 21.5. The van der Waals surface area contributed by atoms with Crippen molar-refractivity contribution in [3.63, 3.8) is 0 Å². The minimum atomic E-state index is -0.228. The Morgan fingerprint density at radius 1 is 1.14 bits per heavy atom. The van der Waals surface area contributed by atoms with Gasteiger partial charge in [-0.2, -0.15) is 5.10 Å². The first-order valence-electron chi connectivity index (χ1n) is 13.1. The minimum Gasteiger partial charge on any atom is -0.396 e. The van der Waals surface area contributed by atoms with E-state index in [0.29, 0.717) is 23.6 Å². The minimum absolute atomic E-state index is 0.152. The molecule has 0 spiro atoms. The normalized spacial score (nSPS) is 13.9. The number of hydrogen-bond donors (Lipinski definition) is 3. The molecule has 4 aromatic rings. The molecule has 0 aliphatic heterocycles. The Morgan fingerprint density at radius 3 is 2.70 bits per heavy atom. The lowest BCUT2D eigenvalue weighted by Crippen LogP contribution is -2.28. The van der Waals surface area contributed by atoms with Crippen molar-refractivity contribution in [1.29, 1.82) is 0 Å². The zero-order chi connectivity index (χ0) is 25.9. The van der Waals surface area contributed by atoms with Gasteiger partial charge in [-0.1, -0.05) is 37.1 Å². The number of aliphatic hydroxyl groups excluding tert-OH is 1. The quantitative estimate of drug-likeness (QED) is 0.319. The fraction of sp³-hybridized carbons (Fsp3) is 0.367. The van der Waals surface area contributed by atoms with Crippen molar-refractivity contribution in [2.75, 3.05) is 6.61 Å². The number of benzene rings is 2. The Balaban J connectivity index is 1.54. The van der Waals surface area contributed by atoms with Crippen molar-refractivity contribution in [2.24, 2.45) is 0 Å². The summed E-state index contributed by atoms with van der Waals surface area (Å²) in [4.78, 5) is 28.9. The molecule has 1 fully saturated rings. The van der Waals surface area contributed by atoms with Crippen molar-refractivity contribution in [3.05, 3.63) is 87.0 Å². The largest absolute Gasteiger partial charge is 0.396 e. The second-order valence-corrected chi connectivity index (χ2v) is 10.1. The number of hydrogen-bond acceptors (Lipinski definition) is 4. The molecule has 7 heteroatoms. The first-order valence-corrected chi connectivity index (χ1v) is 13.1. The predicted octanol–water partition coefficient (Wildman–Crippen LogP) is 4.98. The van der Waals surface area contributed by atoms with Gasteiger partial charge in [0.1, 0.15) is 0 Å². The molecular weight excluding hydrogens is 464 g/mol. The molecule has 2 aromatic carbocycles. The van der Waals surface area contributed by atoms with E-state index in [9.17, 15) is 14.7 Å². The van der Waals surface area contributed by atoms with Crippen molar-refractivity contribution < 1.29 is 9.90 Å². The first kappa shape index (κ1) is 25.0. The van der Waals surface area contributed by atoms with Gasteiger partial charge in [-0.3, -0.25) is 14.3 Å². The Morgan fingerprint density at radius 2 is 1.95 bits per heavy atom. The lowest BCUT2D eigenvalue weighted by atomic mass is 9.97. The molecule has 3 N–H and O–H groups in total. The fourth-order valence-electron chi connectivity index (χ4n) is 5.49. The van der Waals surface area contributed by atoms with E-state index in [0.717, 1.165) is 58.1 Å². The standard InChI is InChI=1S/C30H34N4O3/c1-19-13-20(2)33-30(37)26(19)17-31-29(36)25-15-23(22-9-5-7-21(14-22)8-6-12-35)16-28-27(25)18-32-34(28)24-10-3-4-11-24/h5,7,9,13-16,18,24,35H,3-4,6,8,10-12,17H2,1-2H3,(H,31,36)(H,33,37). The highest BCUT2D eigenvalue weighted by atomic mass is 16.3. The zero-order valence-electron chi connectivity index (χ0n) is 21.5. The summed E-state index contributed by atoms with van der Waals surface area (Å²) >= 11 is 0. The van der Waals surface area contributed by atoms with Crippen LogP contribution >= 0.6 is 0 Å². The highest BCUT2D eigenvalue weighted by Gasteiger charge is 2.23. The molecule has 0 radical (unpaired) electrons. The molecule has 0 atom stereocenters. The summed E-state index contributed by atoms with van der Waals surface area (Å²) in [7, 11) is 0. The van der Waals surface area contributed by atoms with Crippen LogP contribution in [0.2, 0.25) is 0 Å². The van der Waals surface area contributed by atoms with Gasteiger partial charge in [-0.15, -0.1) is 0 Å². The highest BCUT2D eigenvalue weighted by molar-refractivity contribution is 6.08. The topological polar surface area (TPSA) is 100 Å². The third kappa shape index (κ3) is 5.23. The van der Waals surface area contributed by atoms with E-state index in [1.165, 1.54) is 12.8 Å². The van der Waals surface area contributed by atoms with E-state index >= 15 is 0 Å². The van der Waals surface area contributed by atoms with Crippen molar-refractivity contribution >= 4 is 16.8 Å². The van der Waals surface area contributed by atoms with Gasteiger partial charge in [-0.05, 0) is 80.0 Å². The van der Waals surface area contributed by atoms with Crippen molar-refractivity contribution in [2.45, 2.75) is 65.0 Å². The molecule has 2 aromatic heterocycles. The summed E-state index contributed by atoms with van der Waals surface area (Å²) < 4.78 is 2.09. The molecule has 5 rings (SSSR count). The van der Waals surface area contributed by atoms with Gasteiger partial charge < -0.3 is 15.4 Å². The number of rotatable bonds is 8. The van der Waals surface area contributed by atoms with E-state index in [-0.39, 0.29) is 24.6 Å². The lowest BCUT2D eigenvalue weighted by Gasteiger charge is -2.14. The van der Waals surface area contributed by atoms with Gasteiger partial charge in [-0.25, -0.2) is 0 Å². The van der Waals surface area contributed by atoms with Crippen LogP contribution in [0.5, 0.6) is 0 Å². The summed E-state index contributed by atoms with van der Waals surface area (Å²) in [5, 5.41) is 17.8. The number of amides is 1. The second kappa shape index (κ2) is 10.7. The van der Waals surface area contributed by atoms with Crippen LogP contribution in [0.25, 0.3) is 22.0 Å². The number of H-pyrrole nitrogens is 1. The van der Waals surface area contributed by atoms with Crippen LogP contribution in [0.4, 0.5) is 0 Å². The van der Waals surface area contributed by atoms with Gasteiger partial charge in [0, 0.05) is 29.8 Å². The van der Waals surface area contributed by atoms with Gasteiger partial charge in [0.15, 0.2) is 0 Å². The smallest absolute Gasteiger partial charge is 0.253 e. The Labute approximate surface area is 216 Å². The summed E-state index contributed by atoms with van der Waals surface area (Å²) in [6.45, 7) is 4.04. The van der Waals surface area contributed by atoms with Gasteiger partial charge in [0.25, 0.3) is 11.5 Å². The fourth-order valence-corrected chi connectivity index (χ4v) is 5.49. The molecule has 0 saturated heterocycles. The van der Waals surface area contributed by atoms with Crippen molar-refractivity contribution in [1.82, 2.24) is 20.1 Å². The molecule has 7 nitrogen and oxygen atoms in total. The number of nitrogens with zero attached hydrogens (tertiary/aromatic N) is 2. The van der Waals surface area contributed by atoms with E-state index in [1.807, 2.05) is 32.0 Å². The number of aromatic nitrogens is 3. The van der Waals surface area contributed by atoms with Crippen LogP contribution in [0, 0.1) is 13.8 Å². The molecule has 0 bridgehead atoms. The molecule has 2 heterocycles. The van der Waals surface area contributed by atoms with Gasteiger partial charge in [0.2, 0.25) is 0 Å². The van der Waals surface area contributed by atoms with E-state index in [1.54, 1.807) is 6.20 Å². The number of aromatic amines is 1. The maximum absolute atomic E-state index is 13.6. The molecule has 1 aliphatic rings. The number of pyridine rings is 1. The van der Waals surface area contributed by atoms with Crippen LogP contribution in [0.3, 0.4) is 0 Å². The lowest BCUT2D eigenvalue weighted by molar-refractivity contribution is 0.0952. The van der Waals surface area contributed by atoms with E-state index < -0.39 is 0 Å². The average molecular weight is 499 g/mol. The maximum atomic E-state index is 13.6. The molecular formula is C30H34N4O3. The number of aliphatic hydroxyl groups is 1. The summed E-state index contributed by atoms with van der Waals surface area (Å²) in [5.41, 5.74) is 6.68.